The molecule has 6 nitrogen and oxygen atoms in total. The zero-order chi connectivity index (χ0) is 20.4. The van der Waals surface area contributed by atoms with Crippen molar-refractivity contribution in [3.63, 3.8) is 0 Å². The van der Waals surface area contributed by atoms with Gasteiger partial charge in [0.05, 0.1) is 18.0 Å². The topological polar surface area (TPSA) is 69.7 Å². The van der Waals surface area contributed by atoms with E-state index in [2.05, 4.69) is 27.7 Å². The molecule has 1 aromatic carbocycles. The number of aryl methyl sites for hydroxylation is 1. The molecule has 1 atom stereocenters. The molecular formula is C21H27N3O3S2. The summed E-state index contributed by atoms with van der Waals surface area (Å²) in [5.41, 5.74) is 2.21. The highest BCUT2D eigenvalue weighted by Gasteiger charge is 2.26. The molecule has 2 aromatic rings. The summed E-state index contributed by atoms with van der Waals surface area (Å²) in [6, 6.07) is 9.74. The Hall–Kier alpha value is -1.90. The van der Waals surface area contributed by atoms with E-state index in [-0.39, 0.29) is 11.9 Å². The van der Waals surface area contributed by atoms with Crippen LogP contribution in [0.5, 0.6) is 0 Å². The predicted octanol–water partition coefficient (Wildman–Crippen LogP) is 3.03. The average Bonchev–Trinajstić information content (AvgIpc) is 3.41. The van der Waals surface area contributed by atoms with Gasteiger partial charge in [0.1, 0.15) is 0 Å². The van der Waals surface area contributed by atoms with Gasteiger partial charge in [0.15, 0.2) is 0 Å². The highest BCUT2D eigenvalue weighted by molar-refractivity contribution is 7.92. The fourth-order valence-corrected chi connectivity index (χ4v) is 6.14. The van der Waals surface area contributed by atoms with E-state index < -0.39 is 10.0 Å². The van der Waals surface area contributed by atoms with Crippen molar-refractivity contribution in [2.45, 2.75) is 31.7 Å². The van der Waals surface area contributed by atoms with E-state index in [1.54, 1.807) is 23.5 Å². The van der Waals surface area contributed by atoms with Crippen molar-refractivity contribution in [1.29, 1.82) is 0 Å². The molecule has 2 aliphatic heterocycles. The first-order valence-electron chi connectivity index (χ1n) is 10.1. The lowest BCUT2D eigenvalue weighted by Gasteiger charge is -2.29. The molecule has 3 heterocycles. The minimum Gasteiger partial charge on any atom is -0.350 e. The molecule has 1 saturated heterocycles. The standard InChI is InChI=1S/C21H27N3O3S2/c1-29(26,27)24-12-4-6-16-14-17(8-9-18(16)24)21(25)22-15-19(20-7-5-13-28-20)23-10-2-3-11-23/h5,7-9,13-14,19H,2-4,6,10-12,15H2,1H3,(H,22,25). The lowest BCUT2D eigenvalue weighted by molar-refractivity contribution is 0.0938. The molecule has 1 unspecified atom stereocenters. The number of sulfonamides is 1. The third-order valence-corrected chi connectivity index (χ3v) is 7.88. The fraction of sp³-hybridized carbons (Fsp3) is 0.476. The van der Waals surface area contributed by atoms with Crippen LogP contribution in [0.15, 0.2) is 35.7 Å². The van der Waals surface area contributed by atoms with Gasteiger partial charge in [0, 0.05) is 23.5 Å². The smallest absolute Gasteiger partial charge is 0.251 e. The number of hydrogen-bond acceptors (Lipinski definition) is 5. The van der Waals surface area contributed by atoms with Gasteiger partial charge in [-0.3, -0.25) is 14.0 Å². The van der Waals surface area contributed by atoms with Crippen LogP contribution in [0.4, 0.5) is 5.69 Å². The maximum Gasteiger partial charge on any atom is 0.251 e. The Bertz CT molecular complexity index is 967. The number of carbonyl (C=O) groups excluding carboxylic acids is 1. The molecule has 1 amide bonds. The molecule has 0 spiro atoms. The Morgan fingerprint density at radius 1 is 1.17 bits per heavy atom. The zero-order valence-electron chi connectivity index (χ0n) is 16.6. The maximum absolute atomic E-state index is 12.8. The van der Waals surface area contributed by atoms with Crippen molar-refractivity contribution in [2.75, 3.05) is 36.7 Å². The molecule has 0 aliphatic carbocycles. The monoisotopic (exact) mass is 433 g/mol. The first-order valence-corrected chi connectivity index (χ1v) is 12.8. The van der Waals surface area contributed by atoms with E-state index in [0.717, 1.165) is 31.5 Å². The van der Waals surface area contributed by atoms with E-state index in [0.29, 0.717) is 24.3 Å². The van der Waals surface area contributed by atoms with Crippen LogP contribution in [-0.4, -0.2) is 51.7 Å². The van der Waals surface area contributed by atoms with Crippen molar-refractivity contribution in [3.8, 4) is 0 Å². The average molecular weight is 434 g/mol. The number of nitrogens with one attached hydrogen (secondary N) is 1. The lowest BCUT2D eigenvalue weighted by atomic mass is 10.0. The van der Waals surface area contributed by atoms with Gasteiger partial charge in [-0.25, -0.2) is 8.42 Å². The maximum atomic E-state index is 12.8. The number of benzene rings is 1. The summed E-state index contributed by atoms with van der Waals surface area (Å²) in [6.07, 6.45) is 5.19. The highest BCUT2D eigenvalue weighted by Crippen LogP contribution is 2.30. The Morgan fingerprint density at radius 3 is 2.66 bits per heavy atom. The summed E-state index contributed by atoms with van der Waals surface area (Å²) in [5, 5.41) is 5.19. The van der Waals surface area contributed by atoms with Gasteiger partial charge >= 0.3 is 0 Å². The van der Waals surface area contributed by atoms with Crippen molar-refractivity contribution in [3.05, 3.63) is 51.7 Å². The number of rotatable bonds is 6. The number of fused-ring (bicyclic) bond motifs is 1. The van der Waals surface area contributed by atoms with Crippen molar-refractivity contribution >= 4 is 33.0 Å². The van der Waals surface area contributed by atoms with E-state index >= 15 is 0 Å². The summed E-state index contributed by atoms with van der Waals surface area (Å²) in [7, 11) is -3.30. The summed E-state index contributed by atoms with van der Waals surface area (Å²) in [4.78, 5) is 16.6. The van der Waals surface area contributed by atoms with Crippen molar-refractivity contribution in [2.24, 2.45) is 0 Å². The summed E-state index contributed by atoms with van der Waals surface area (Å²) in [5.74, 6) is -0.106. The second-order valence-corrected chi connectivity index (χ2v) is 10.7. The Balaban J connectivity index is 1.48. The van der Waals surface area contributed by atoms with Gasteiger partial charge in [0.25, 0.3) is 5.91 Å². The normalized spacial score (nSPS) is 18.4. The van der Waals surface area contributed by atoms with Gasteiger partial charge in [0.2, 0.25) is 10.0 Å². The summed E-state index contributed by atoms with van der Waals surface area (Å²) < 4.78 is 25.5. The predicted molar refractivity (Wildman–Crippen MR) is 117 cm³/mol. The van der Waals surface area contributed by atoms with E-state index in [4.69, 9.17) is 0 Å². The molecule has 4 rings (SSSR count). The van der Waals surface area contributed by atoms with Gasteiger partial charge < -0.3 is 5.32 Å². The molecule has 1 fully saturated rings. The SMILES string of the molecule is CS(=O)(=O)N1CCCc2cc(C(=O)NCC(c3cccs3)N3CCCC3)ccc21. The van der Waals surface area contributed by atoms with Crippen LogP contribution in [0.3, 0.4) is 0 Å². The Morgan fingerprint density at radius 2 is 1.97 bits per heavy atom. The minimum absolute atomic E-state index is 0.106. The first kappa shape index (κ1) is 20.4. The van der Waals surface area contributed by atoms with Crippen LogP contribution in [0.1, 0.15) is 46.1 Å². The minimum atomic E-state index is -3.30. The fourth-order valence-electron chi connectivity index (χ4n) is 4.28. The summed E-state index contributed by atoms with van der Waals surface area (Å²) >= 11 is 1.73. The number of thiophene rings is 1. The molecular weight excluding hydrogens is 406 g/mol. The molecule has 1 aromatic heterocycles. The van der Waals surface area contributed by atoms with Crippen LogP contribution in [0, 0.1) is 0 Å². The number of hydrogen-bond donors (Lipinski definition) is 1. The van der Waals surface area contributed by atoms with Crippen molar-refractivity contribution < 1.29 is 13.2 Å². The number of nitrogens with zero attached hydrogens (tertiary/aromatic N) is 2. The van der Waals surface area contributed by atoms with Crippen LogP contribution >= 0.6 is 11.3 Å². The third kappa shape index (κ3) is 4.49. The van der Waals surface area contributed by atoms with Crippen LogP contribution in [0.25, 0.3) is 0 Å². The van der Waals surface area contributed by atoms with Crippen LogP contribution in [-0.2, 0) is 16.4 Å². The Kier molecular flexibility index (Phi) is 5.94. The zero-order valence-corrected chi connectivity index (χ0v) is 18.3. The van der Waals surface area contributed by atoms with E-state index in [9.17, 15) is 13.2 Å². The molecule has 0 radical (unpaired) electrons. The molecule has 156 valence electrons. The highest BCUT2D eigenvalue weighted by atomic mass is 32.2. The van der Waals surface area contributed by atoms with Gasteiger partial charge in [-0.05, 0) is 74.0 Å². The second-order valence-electron chi connectivity index (χ2n) is 7.77. The number of carbonyl (C=O) groups is 1. The number of likely N-dealkylation sites (tertiary alicyclic amines) is 1. The molecule has 0 bridgehead atoms. The number of anilines is 1. The summed E-state index contributed by atoms with van der Waals surface area (Å²) in [6.45, 7) is 3.21. The first-order chi connectivity index (χ1) is 13.9. The quantitative estimate of drug-likeness (QED) is 0.760. The van der Waals surface area contributed by atoms with Gasteiger partial charge in [-0.1, -0.05) is 6.07 Å². The van der Waals surface area contributed by atoms with Crippen molar-refractivity contribution in [1.82, 2.24) is 10.2 Å². The van der Waals surface area contributed by atoms with Crippen LogP contribution < -0.4 is 9.62 Å². The van der Waals surface area contributed by atoms with Gasteiger partial charge in [-0.2, -0.15) is 0 Å². The molecule has 2 aliphatic rings. The molecule has 1 N–H and O–H groups in total. The van der Waals surface area contributed by atoms with Crippen LogP contribution in [0.2, 0.25) is 0 Å². The Labute approximate surface area is 176 Å². The largest absolute Gasteiger partial charge is 0.350 e. The van der Waals surface area contributed by atoms with E-state index in [1.165, 1.54) is 28.3 Å². The van der Waals surface area contributed by atoms with Gasteiger partial charge in [-0.15, -0.1) is 11.3 Å². The molecule has 0 saturated carbocycles. The van der Waals surface area contributed by atoms with E-state index in [1.807, 2.05) is 6.07 Å². The molecule has 29 heavy (non-hydrogen) atoms. The third-order valence-electron chi connectivity index (χ3n) is 5.73. The second kappa shape index (κ2) is 8.45. The molecule has 8 heteroatoms. The lowest BCUT2D eigenvalue weighted by Crippen LogP contribution is -2.37. The number of amides is 1.